The monoisotopic (exact) mass is 584 g/mol. The van der Waals surface area contributed by atoms with E-state index in [-0.39, 0.29) is 5.97 Å². The molecule has 0 spiro atoms. The maximum Gasteiger partial charge on any atom is 0.305 e. The van der Waals surface area contributed by atoms with Crippen molar-refractivity contribution in [2.75, 3.05) is 45.2 Å². The minimum Gasteiger partial charge on any atom is -0.469 e. The lowest BCUT2D eigenvalue weighted by molar-refractivity contribution is -0.142. The highest BCUT2D eigenvalue weighted by Gasteiger charge is 2.24. The van der Waals surface area contributed by atoms with Crippen LogP contribution in [0.4, 0.5) is 5.95 Å². The van der Waals surface area contributed by atoms with Gasteiger partial charge in [0.05, 0.1) is 25.2 Å². The van der Waals surface area contributed by atoms with Gasteiger partial charge in [0.15, 0.2) is 5.75 Å². The average molecular weight is 586 g/mol. The molecule has 1 atom stereocenters. The van der Waals surface area contributed by atoms with Crippen molar-refractivity contribution in [3.8, 4) is 22.9 Å². The van der Waals surface area contributed by atoms with Crippen molar-refractivity contribution in [2.24, 2.45) is 5.92 Å². The van der Waals surface area contributed by atoms with Gasteiger partial charge >= 0.3 is 5.97 Å². The molecule has 40 heavy (non-hydrogen) atoms. The van der Waals surface area contributed by atoms with Crippen molar-refractivity contribution in [1.82, 2.24) is 25.2 Å². The molecule has 2 fully saturated rings. The van der Waals surface area contributed by atoms with Crippen LogP contribution in [0.3, 0.4) is 0 Å². The number of likely N-dealkylation sites (tertiary alicyclic amines) is 1. The highest BCUT2D eigenvalue weighted by Crippen LogP contribution is 2.31. The Bertz CT molecular complexity index is 1300. The molecule has 0 radical (unpaired) electrons. The zero-order chi connectivity index (χ0) is 28.1. The fraction of sp³-hybridized carbons (Fsp3) is 0.448. The van der Waals surface area contributed by atoms with E-state index in [9.17, 15) is 4.79 Å². The Morgan fingerprint density at radius 3 is 2.40 bits per heavy atom. The van der Waals surface area contributed by atoms with Crippen molar-refractivity contribution < 1.29 is 14.3 Å². The first-order valence-electron chi connectivity index (χ1n) is 13.6. The summed E-state index contributed by atoms with van der Waals surface area (Å²) in [6.07, 6.45) is 6.82. The van der Waals surface area contributed by atoms with E-state index in [1.165, 1.54) is 7.11 Å². The Balaban J connectivity index is 1.33. The second kappa shape index (κ2) is 13.1. The minimum atomic E-state index is -0.140. The number of hydrogen-bond acceptors (Lipinski definition) is 9. The number of hydrogen-bond donors (Lipinski definition) is 1. The van der Waals surface area contributed by atoms with Crippen LogP contribution < -0.4 is 15.0 Å². The summed E-state index contributed by atoms with van der Waals surface area (Å²) in [5.74, 6) is 1.86. The van der Waals surface area contributed by atoms with E-state index in [0.29, 0.717) is 51.7 Å². The number of pyridine rings is 1. The van der Waals surface area contributed by atoms with Crippen molar-refractivity contribution in [3.05, 3.63) is 58.3 Å². The maximum atomic E-state index is 11.7. The van der Waals surface area contributed by atoms with Crippen molar-refractivity contribution >= 4 is 35.1 Å². The number of nitrogens with zero attached hydrogens (tertiary/aromatic N) is 5. The van der Waals surface area contributed by atoms with Crippen LogP contribution in [0.1, 0.15) is 31.2 Å². The first-order chi connectivity index (χ1) is 19.4. The van der Waals surface area contributed by atoms with Gasteiger partial charge in [-0.3, -0.25) is 9.69 Å². The third kappa shape index (κ3) is 7.40. The number of anilines is 1. The van der Waals surface area contributed by atoms with Gasteiger partial charge in [-0.15, -0.1) is 0 Å². The molecule has 0 saturated carbocycles. The Morgan fingerprint density at radius 2 is 1.75 bits per heavy atom. The Kier molecular flexibility index (Phi) is 9.36. The molecule has 1 N–H and O–H groups in total. The van der Waals surface area contributed by atoms with Crippen LogP contribution in [0, 0.1) is 5.92 Å². The number of nitrogens with one attached hydrogen (secondary N) is 1. The number of benzene rings is 1. The van der Waals surface area contributed by atoms with E-state index in [2.05, 4.69) is 25.1 Å². The summed E-state index contributed by atoms with van der Waals surface area (Å²) in [6, 6.07) is 9.82. The molecular weight excluding hydrogens is 551 g/mol. The first-order valence-corrected chi connectivity index (χ1v) is 14.3. The average Bonchev–Trinajstić information content (AvgIpc) is 3.43. The summed E-state index contributed by atoms with van der Waals surface area (Å²) in [7, 11) is 3.42. The predicted octanol–water partition coefficient (Wildman–Crippen LogP) is 5.21. The smallest absolute Gasteiger partial charge is 0.305 e. The summed E-state index contributed by atoms with van der Waals surface area (Å²) >= 11 is 12.6. The third-order valence-electron chi connectivity index (χ3n) is 7.53. The number of carbonyl (C=O) groups excluding carboxylic acids is 1. The zero-order valence-electron chi connectivity index (χ0n) is 22.8. The molecule has 1 unspecified atom stereocenters. The molecule has 2 aromatic heterocycles. The molecule has 3 aromatic rings. The van der Waals surface area contributed by atoms with Crippen LogP contribution >= 0.6 is 23.2 Å². The normalized spacial score (nSPS) is 18.2. The van der Waals surface area contributed by atoms with Crippen molar-refractivity contribution in [3.63, 3.8) is 0 Å². The van der Waals surface area contributed by atoms with Crippen LogP contribution in [0.5, 0.6) is 11.6 Å². The molecule has 2 aliphatic heterocycles. The van der Waals surface area contributed by atoms with E-state index in [0.717, 1.165) is 63.1 Å². The number of piperidine rings is 1. The molecule has 9 nitrogen and oxygen atoms in total. The van der Waals surface area contributed by atoms with Crippen LogP contribution in [-0.2, 0) is 16.1 Å². The third-order valence-corrected chi connectivity index (χ3v) is 7.97. The summed E-state index contributed by atoms with van der Waals surface area (Å²) in [5.41, 5.74) is 2.57. The van der Waals surface area contributed by atoms with Crippen LogP contribution in [0.25, 0.3) is 11.3 Å². The topological polar surface area (TPSA) is 92.7 Å². The summed E-state index contributed by atoms with van der Waals surface area (Å²) in [4.78, 5) is 30.1. The summed E-state index contributed by atoms with van der Waals surface area (Å²) in [6.45, 7) is 4.33. The Hall–Kier alpha value is -2.98. The molecule has 0 bridgehead atoms. The second-order valence-corrected chi connectivity index (χ2v) is 11.3. The molecular formula is C29H34Cl2N6O3. The van der Waals surface area contributed by atoms with Gasteiger partial charge in [0, 0.05) is 53.8 Å². The molecule has 2 aliphatic rings. The number of rotatable bonds is 9. The van der Waals surface area contributed by atoms with Crippen molar-refractivity contribution in [1.29, 1.82) is 0 Å². The Labute approximate surface area is 244 Å². The first kappa shape index (κ1) is 28.5. The largest absolute Gasteiger partial charge is 0.469 e. The quantitative estimate of drug-likeness (QED) is 0.340. The number of aromatic nitrogens is 3. The van der Waals surface area contributed by atoms with E-state index in [4.69, 9.17) is 37.7 Å². The number of carbonyl (C=O) groups is 1. The van der Waals surface area contributed by atoms with E-state index >= 15 is 0 Å². The molecule has 2 saturated heterocycles. The summed E-state index contributed by atoms with van der Waals surface area (Å²) < 4.78 is 11.0. The van der Waals surface area contributed by atoms with Gasteiger partial charge in [0.1, 0.15) is 0 Å². The number of halogens is 2. The van der Waals surface area contributed by atoms with Crippen molar-refractivity contribution in [2.45, 2.75) is 38.3 Å². The molecule has 0 amide bonds. The highest BCUT2D eigenvalue weighted by molar-refractivity contribution is 6.35. The minimum absolute atomic E-state index is 0.140. The lowest BCUT2D eigenvalue weighted by Gasteiger charge is -2.31. The zero-order valence-corrected chi connectivity index (χ0v) is 24.3. The maximum absolute atomic E-state index is 11.7. The van der Waals surface area contributed by atoms with E-state index in [1.54, 1.807) is 18.5 Å². The lowest BCUT2D eigenvalue weighted by atomic mass is 9.93. The molecule has 212 valence electrons. The summed E-state index contributed by atoms with van der Waals surface area (Å²) in [5, 5.41) is 4.39. The molecule has 0 aliphatic carbocycles. The molecule has 5 rings (SSSR count). The molecule has 1 aromatic carbocycles. The van der Waals surface area contributed by atoms with E-state index < -0.39 is 0 Å². The van der Waals surface area contributed by atoms with Gasteiger partial charge in [-0.25, -0.2) is 15.0 Å². The van der Waals surface area contributed by atoms with E-state index in [1.807, 2.05) is 31.3 Å². The van der Waals surface area contributed by atoms with Gasteiger partial charge in [-0.2, -0.15) is 0 Å². The highest BCUT2D eigenvalue weighted by atomic mass is 35.5. The predicted molar refractivity (Wildman–Crippen MR) is 156 cm³/mol. The molecule has 11 heteroatoms. The second-order valence-electron chi connectivity index (χ2n) is 10.4. The van der Waals surface area contributed by atoms with Crippen LogP contribution in [0.2, 0.25) is 10.0 Å². The fourth-order valence-corrected chi connectivity index (χ4v) is 5.83. The number of methoxy groups -OCH3 is 1. The number of likely N-dealkylation sites (N-methyl/N-ethyl adjacent to an activating group) is 1. The van der Waals surface area contributed by atoms with Crippen LogP contribution in [-0.4, -0.2) is 72.2 Å². The van der Waals surface area contributed by atoms with Crippen LogP contribution in [0.15, 0.2) is 42.7 Å². The standard InChI is InChI=1S/C29H34Cl2N6O3/c1-32-24-5-8-37(18-24)29-33-15-25(16-34-29)40-27-10-20(9-26(35-27)21-12-22(30)14-23(31)13-21)17-36-6-3-19(4-7-36)11-28(38)39-2/h9-10,12-16,19,24,32H,3-8,11,17-18H2,1-2H3. The van der Waals surface area contributed by atoms with Gasteiger partial charge in [0.2, 0.25) is 11.8 Å². The van der Waals surface area contributed by atoms with Gasteiger partial charge in [0.25, 0.3) is 0 Å². The lowest BCUT2D eigenvalue weighted by Crippen LogP contribution is -2.34. The number of ether oxygens (including phenoxy) is 2. The van der Waals surface area contributed by atoms with Gasteiger partial charge in [-0.1, -0.05) is 23.2 Å². The molecule has 4 heterocycles. The SMILES string of the molecule is CNC1CCN(c2ncc(Oc3cc(CN4CCC(CC(=O)OC)CC4)cc(-c4cc(Cl)cc(Cl)c4)n3)cn2)C1. The van der Waals surface area contributed by atoms with Gasteiger partial charge in [-0.05, 0) is 75.1 Å². The fourth-order valence-electron chi connectivity index (χ4n) is 5.30. The number of esters is 1. The Morgan fingerprint density at radius 1 is 1.02 bits per heavy atom. The van der Waals surface area contributed by atoms with Gasteiger partial charge < -0.3 is 19.7 Å².